The van der Waals surface area contributed by atoms with Crippen LogP contribution in [0.2, 0.25) is 5.02 Å². The van der Waals surface area contributed by atoms with E-state index in [-0.39, 0.29) is 0 Å². The number of hydrogen-bond donors (Lipinski definition) is 0. The number of halogens is 1. The summed E-state index contributed by atoms with van der Waals surface area (Å²) in [5.74, 6) is 0.895. The van der Waals surface area contributed by atoms with Gasteiger partial charge < -0.3 is 4.74 Å². The molecule has 22 heavy (non-hydrogen) atoms. The van der Waals surface area contributed by atoms with Gasteiger partial charge in [-0.1, -0.05) is 41.9 Å². The minimum Gasteiger partial charge on any atom is -0.497 e. The van der Waals surface area contributed by atoms with Crippen LogP contribution in [0.4, 0.5) is 0 Å². The van der Waals surface area contributed by atoms with Crippen molar-refractivity contribution in [3.05, 3.63) is 76.3 Å². The highest BCUT2D eigenvalue weighted by molar-refractivity contribution is 6.30. The Morgan fingerprint density at radius 2 is 1.55 bits per heavy atom. The highest BCUT2D eigenvalue weighted by Crippen LogP contribution is 2.37. The molecule has 0 aliphatic heterocycles. The maximum Gasteiger partial charge on any atom is 0.118 e. The smallest absolute Gasteiger partial charge is 0.118 e. The van der Waals surface area contributed by atoms with Crippen molar-refractivity contribution in [2.24, 2.45) is 0 Å². The molecular formula is C20H19ClO. The lowest BCUT2D eigenvalue weighted by Gasteiger charge is -2.20. The molecule has 1 aliphatic carbocycles. The normalized spacial score (nSPS) is 14.8. The lowest BCUT2D eigenvalue weighted by Crippen LogP contribution is -1.99. The molecule has 0 spiro atoms. The predicted octanol–water partition coefficient (Wildman–Crippen LogP) is 6.00. The summed E-state index contributed by atoms with van der Waals surface area (Å²) in [5.41, 5.74) is 6.58. The van der Waals surface area contributed by atoms with E-state index in [1.54, 1.807) is 7.11 Å². The van der Waals surface area contributed by atoms with Crippen LogP contribution in [0.15, 0.2) is 60.2 Å². The number of hydrogen-bond acceptors (Lipinski definition) is 1. The van der Waals surface area contributed by atoms with E-state index in [0.29, 0.717) is 0 Å². The summed E-state index contributed by atoms with van der Waals surface area (Å²) < 4.78 is 5.25. The Kier molecular flexibility index (Phi) is 4.35. The number of allylic oxidation sites excluding steroid dienone is 4. The van der Waals surface area contributed by atoms with Gasteiger partial charge >= 0.3 is 0 Å². The summed E-state index contributed by atoms with van der Waals surface area (Å²) >= 11 is 6.00. The molecule has 0 atom stereocenters. The van der Waals surface area contributed by atoms with Crippen molar-refractivity contribution in [2.45, 2.75) is 19.8 Å². The zero-order chi connectivity index (χ0) is 15.5. The minimum absolute atomic E-state index is 0.775. The van der Waals surface area contributed by atoms with Gasteiger partial charge in [0, 0.05) is 5.02 Å². The van der Waals surface area contributed by atoms with Gasteiger partial charge in [-0.25, -0.2) is 0 Å². The van der Waals surface area contributed by atoms with Crippen molar-refractivity contribution >= 4 is 22.7 Å². The van der Waals surface area contributed by atoms with Crippen LogP contribution in [-0.4, -0.2) is 7.11 Å². The minimum atomic E-state index is 0.775. The molecule has 0 bridgehead atoms. The summed E-state index contributed by atoms with van der Waals surface area (Å²) in [6, 6.07) is 16.4. The lowest BCUT2D eigenvalue weighted by atomic mass is 9.85. The highest BCUT2D eigenvalue weighted by Gasteiger charge is 2.15. The molecule has 0 heterocycles. The molecule has 0 unspecified atom stereocenters. The summed E-state index contributed by atoms with van der Waals surface area (Å²) in [4.78, 5) is 0. The second-order valence-electron chi connectivity index (χ2n) is 5.50. The second-order valence-corrected chi connectivity index (χ2v) is 5.93. The summed E-state index contributed by atoms with van der Waals surface area (Å²) in [6.07, 6.45) is 4.47. The number of benzene rings is 2. The number of methoxy groups -OCH3 is 1. The van der Waals surface area contributed by atoms with E-state index in [2.05, 4.69) is 37.3 Å². The van der Waals surface area contributed by atoms with Crippen LogP contribution < -0.4 is 4.74 Å². The number of rotatable bonds is 3. The molecule has 2 aromatic carbocycles. The van der Waals surface area contributed by atoms with E-state index >= 15 is 0 Å². The zero-order valence-electron chi connectivity index (χ0n) is 12.9. The first-order valence-electron chi connectivity index (χ1n) is 7.49. The van der Waals surface area contributed by atoms with Gasteiger partial charge in [-0.2, -0.15) is 0 Å². The molecule has 112 valence electrons. The van der Waals surface area contributed by atoms with E-state index in [4.69, 9.17) is 16.3 Å². The van der Waals surface area contributed by atoms with Gasteiger partial charge in [0.05, 0.1) is 7.11 Å². The third-order valence-corrected chi connectivity index (χ3v) is 4.45. The van der Waals surface area contributed by atoms with Crippen molar-refractivity contribution in [3.8, 4) is 5.75 Å². The molecule has 0 N–H and O–H groups in total. The van der Waals surface area contributed by atoms with Gasteiger partial charge in [0.2, 0.25) is 0 Å². The van der Waals surface area contributed by atoms with Crippen LogP contribution in [0.1, 0.15) is 30.9 Å². The lowest BCUT2D eigenvalue weighted by molar-refractivity contribution is 0.415. The highest BCUT2D eigenvalue weighted by atomic mass is 35.5. The fourth-order valence-corrected chi connectivity index (χ4v) is 3.11. The van der Waals surface area contributed by atoms with Gasteiger partial charge in [0.15, 0.2) is 0 Å². The van der Waals surface area contributed by atoms with E-state index < -0.39 is 0 Å². The summed E-state index contributed by atoms with van der Waals surface area (Å²) in [5, 5.41) is 0.775. The molecular weight excluding hydrogens is 292 g/mol. The van der Waals surface area contributed by atoms with Gasteiger partial charge in [-0.05, 0) is 71.9 Å². The Labute approximate surface area is 136 Å². The number of ether oxygens (including phenoxy) is 1. The van der Waals surface area contributed by atoms with Crippen LogP contribution in [0.25, 0.3) is 11.1 Å². The van der Waals surface area contributed by atoms with Gasteiger partial charge in [0.1, 0.15) is 5.75 Å². The van der Waals surface area contributed by atoms with E-state index in [1.165, 1.54) is 27.8 Å². The van der Waals surface area contributed by atoms with Crippen molar-refractivity contribution in [1.82, 2.24) is 0 Å². The SMILES string of the molecule is COc1ccc(C2=C(C)C(c3ccc(Cl)cc3)=CCC2)cc1. The standard InChI is InChI=1S/C20H19ClO/c1-14-19(15-6-10-17(21)11-7-15)4-3-5-20(14)16-8-12-18(22-2)13-9-16/h4,6-13H,3,5H2,1-2H3. The first-order chi connectivity index (χ1) is 10.7. The molecule has 3 rings (SSSR count). The Balaban J connectivity index is 1.98. The van der Waals surface area contributed by atoms with Gasteiger partial charge in [0.25, 0.3) is 0 Å². The molecule has 0 saturated carbocycles. The average Bonchev–Trinajstić information content (AvgIpc) is 2.56. The maximum atomic E-state index is 6.00. The van der Waals surface area contributed by atoms with Gasteiger partial charge in [-0.15, -0.1) is 0 Å². The topological polar surface area (TPSA) is 9.23 Å². The Morgan fingerprint density at radius 1 is 0.909 bits per heavy atom. The average molecular weight is 311 g/mol. The molecule has 2 heteroatoms. The summed E-state index contributed by atoms with van der Waals surface area (Å²) in [7, 11) is 1.70. The summed E-state index contributed by atoms with van der Waals surface area (Å²) in [6.45, 7) is 2.21. The van der Waals surface area contributed by atoms with Gasteiger partial charge in [-0.3, -0.25) is 0 Å². The first-order valence-corrected chi connectivity index (χ1v) is 7.87. The van der Waals surface area contributed by atoms with Crippen LogP contribution in [0.5, 0.6) is 5.75 Å². The monoisotopic (exact) mass is 310 g/mol. The van der Waals surface area contributed by atoms with E-state index in [1.807, 2.05) is 24.3 Å². The van der Waals surface area contributed by atoms with Crippen LogP contribution in [-0.2, 0) is 0 Å². The fraction of sp³-hybridized carbons (Fsp3) is 0.200. The maximum absolute atomic E-state index is 6.00. The quantitative estimate of drug-likeness (QED) is 0.675. The second kappa shape index (κ2) is 6.41. The zero-order valence-corrected chi connectivity index (χ0v) is 13.7. The van der Waals surface area contributed by atoms with E-state index in [9.17, 15) is 0 Å². The molecule has 0 aromatic heterocycles. The predicted molar refractivity (Wildman–Crippen MR) is 94.3 cm³/mol. The Hall–Kier alpha value is -1.99. The fourth-order valence-electron chi connectivity index (χ4n) is 2.98. The molecule has 0 radical (unpaired) electrons. The van der Waals surface area contributed by atoms with Crippen LogP contribution >= 0.6 is 11.6 Å². The van der Waals surface area contributed by atoms with Crippen molar-refractivity contribution in [1.29, 1.82) is 0 Å². The third kappa shape index (κ3) is 2.95. The van der Waals surface area contributed by atoms with Crippen LogP contribution in [0.3, 0.4) is 0 Å². The Morgan fingerprint density at radius 3 is 2.18 bits per heavy atom. The largest absolute Gasteiger partial charge is 0.497 e. The molecule has 0 fully saturated rings. The molecule has 2 aromatic rings. The van der Waals surface area contributed by atoms with E-state index in [0.717, 1.165) is 23.6 Å². The molecule has 0 amide bonds. The molecule has 1 nitrogen and oxygen atoms in total. The van der Waals surface area contributed by atoms with Crippen LogP contribution in [0, 0.1) is 0 Å². The Bertz CT molecular complexity index is 721. The van der Waals surface area contributed by atoms with Crippen molar-refractivity contribution < 1.29 is 4.74 Å². The third-order valence-electron chi connectivity index (χ3n) is 4.19. The van der Waals surface area contributed by atoms with Crippen molar-refractivity contribution in [3.63, 3.8) is 0 Å². The molecule has 0 saturated heterocycles. The van der Waals surface area contributed by atoms with Crippen molar-refractivity contribution in [2.75, 3.05) is 7.11 Å². The molecule has 1 aliphatic rings. The first kappa shape index (κ1) is 14.9.